The molecule has 2 aromatic rings. The van der Waals surface area contributed by atoms with Gasteiger partial charge in [-0.3, -0.25) is 4.79 Å². The maximum Gasteiger partial charge on any atom is 0.148 e. The number of carbonyl (C=O) groups is 1. The van der Waals surface area contributed by atoms with Gasteiger partial charge in [0.2, 0.25) is 0 Å². The van der Waals surface area contributed by atoms with Crippen LogP contribution in [0, 0.1) is 6.92 Å². The Morgan fingerprint density at radius 1 is 1.25 bits per heavy atom. The predicted molar refractivity (Wildman–Crippen MR) is 83.4 cm³/mol. The van der Waals surface area contributed by atoms with Crippen molar-refractivity contribution in [1.29, 1.82) is 0 Å². The summed E-state index contributed by atoms with van der Waals surface area (Å²) in [5, 5.41) is 6.19. The number of para-hydroxylation sites is 1. The standard InChI is InChI=1S/C14H15BrN4O/c1-9(20)8-16-13-7-14(18-10(2)17-13)19-12-6-4-3-5-11(12)15/h3-7H,8H2,1-2H3,(H2,16,17,18,19). The van der Waals surface area contributed by atoms with Gasteiger partial charge in [0.25, 0.3) is 0 Å². The monoisotopic (exact) mass is 334 g/mol. The smallest absolute Gasteiger partial charge is 0.148 e. The second-order valence-corrected chi connectivity index (χ2v) is 5.20. The van der Waals surface area contributed by atoms with Crippen LogP contribution in [-0.4, -0.2) is 22.3 Å². The van der Waals surface area contributed by atoms with Crippen molar-refractivity contribution in [3.05, 3.63) is 40.6 Å². The SMILES string of the molecule is CC(=O)CNc1cc(Nc2ccccc2Br)nc(C)n1. The zero-order valence-corrected chi connectivity index (χ0v) is 12.9. The van der Waals surface area contributed by atoms with Crippen molar-refractivity contribution in [1.82, 2.24) is 9.97 Å². The molecule has 20 heavy (non-hydrogen) atoms. The van der Waals surface area contributed by atoms with Crippen LogP contribution in [0.2, 0.25) is 0 Å². The van der Waals surface area contributed by atoms with Crippen LogP contribution in [0.1, 0.15) is 12.7 Å². The van der Waals surface area contributed by atoms with Crippen LogP contribution in [0.15, 0.2) is 34.8 Å². The Labute approximate surface area is 126 Å². The Balaban J connectivity index is 2.19. The van der Waals surface area contributed by atoms with Crippen molar-refractivity contribution >= 4 is 39.0 Å². The fourth-order valence-electron chi connectivity index (χ4n) is 1.64. The third-order valence-electron chi connectivity index (χ3n) is 2.49. The number of carbonyl (C=O) groups excluding carboxylic acids is 1. The van der Waals surface area contributed by atoms with E-state index in [0.29, 0.717) is 17.5 Å². The summed E-state index contributed by atoms with van der Waals surface area (Å²) in [5.74, 6) is 1.99. The molecular weight excluding hydrogens is 320 g/mol. The number of anilines is 3. The van der Waals surface area contributed by atoms with Gasteiger partial charge in [0.15, 0.2) is 0 Å². The van der Waals surface area contributed by atoms with E-state index < -0.39 is 0 Å². The van der Waals surface area contributed by atoms with Gasteiger partial charge < -0.3 is 10.6 Å². The molecule has 0 aliphatic heterocycles. The third-order valence-corrected chi connectivity index (χ3v) is 3.18. The maximum absolute atomic E-state index is 11.0. The van der Waals surface area contributed by atoms with E-state index in [4.69, 9.17) is 0 Å². The van der Waals surface area contributed by atoms with Gasteiger partial charge in [-0.25, -0.2) is 9.97 Å². The van der Waals surface area contributed by atoms with E-state index in [9.17, 15) is 4.79 Å². The average Bonchev–Trinajstić information content (AvgIpc) is 2.38. The van der Waals surface area contributed by atoms with E-state index in [1.165, 1.54) is 6.92 Å². The minimum Gasteiger partial charge on any atom is -0.363 e. The Bertz CT molecular complexity index is 630. The topological polar surface area (TPSA) is 66.9 Å². The number of aromatic nitrogens is 2. The summed E-state index contributed by atoms with van der Waals surface area (Å²) in [6.45, 7) is 3.59. The molecule has 6 heteroatoms. The number of Topliss-reactive ketones (excluding diaryl/α,β-unsaturated/α-hetero) is 1. The highest BCUT2D eigenvalue weighted by molar-refractivity contribution is 9.10. The van der Waals surface area contributed by atoms with Crippen molar-refractivity contribution in [2.75, 3.05) is 17.2 Å². The lowest BCUT2D eigenvalue weighted by molar-refractivity contribution is -0.115. The van der Waals surface area contributed by atoms with E-state index in [-0.39, 0.29) is 12.3 Å². The van der Waals surface area contributed by atoms with Gasteiger partial charge in [0.1, 0.15) is 23.2 Å². The van der Waals surface area contributed by atoms with Crippen molar-refractivity contribution in [3.8, 4) is 0 Å². The summed E-state index contributed by atoms with van der Waals surface area (Å²) in [5.41, 5.74) is 0.920. The second-order valence-electron chi connectivity index (χ2n) is 4.35. The van der Waals surface area contributed by atoms with Crippen LogP contribution in [0.3, 0.4) is 0 Å². The van der Waals surface area contributed by atoms with Crippen molar-refractivity contribution in [2.24, 2.45) is 0 Å². The van der Waals surface area contributed by atoms with Gasteiger partial charge in [-0.15, -0.1) is 0 Å². The quantitative estimate of drug-likeness (QED) is 0.878. The van der Waals surface area contributed by atoms with Crippen LogP contribution < -0.4 is 10.6 Å². The molecule has 0 atom stereocenters. The lowest BCUT2D eigenvalue weighted by Gasteiger charge is -2.10. The first kappa shape index (κ1) is 14.5. The molecule has 1 aromatic carbocycles. The zero-order chi connectivity index (χ0) is 14.5. The molecule has 0 aliphatic carbocycles. The van der Waals surface area contributed by atoms with Crippen molar-refractivity contribution in [2.45, 2.75) is 13.8 Å². The van der Waals surface area contributed by atoms with E-state index in [1.54, 1.807) is 6.07 Å². The molecule has 5 nitrogen and oxygen atoms in total. The number of hydrogen-bond acceptors (Lipinski definition) is 5. The Morgan fingerprint density at radius 2 is 1.95 bits per heavy atom. The fraction of sp³-hybridized carbons (Fsp3) is 0.214. The maximum atomic E-state index is 11.0. The summed E-state index contributed by atoms with van der Waals surface area (Å²) < 4.78 is 0.953. The van der Waals surface area contributed by atoms with E-state index >= 15 is 0 Å². The van der Waals surface area contributed by atoms with Gasteiger partial charge in [-0.2, -0.15) is 0 Å². The Morgan fingerprint density at radius 3 is 2.65 bits per heavy atom. The molecule has 2 N–H and O–H groups in total. The van der Waals surface area contributed by atoms with Crippen LogP contribution in [-0.2, 0) is 4.79 Å². The van der Waals surface area contributed by atoms with Crippen molar-refractivity contribution in [3.63, 3.8) is 0 Å². The number of hydrogen-bond donors (Lipinski definition) is 2. The molecule has 2 rings (SSSR count). The lowest BCUT2D eigenvalue weighted by Crippen LogP contribution is -2.12. The highest BCUT2D eigenvalue weighted by Gasteiger charge is 2.05. The molecule has 1 heterocycles. The molecule has 0 bridgehead atoms. The van der Waals surface area contributed by atoms with Crippen LogP contribution >= 0.6 is 15.9 Å². The fourth-order valence-corrected chi connectivity index (χ4v) is 2.02. The molecule has 0 saturated carbocycles. The normalized spacial score (nSPS) is 10.2. The molecule has 0 saturated heterocycles. The lowest BCUT2D eigenvalue weighted by atomic mass is 10.3. The average molecular weight is 335 g/mol. The molecule has 0 spiro atoms. The van der Waals surface area contributed by atoms with Gasteiger partial charge >= 0.3 is 0 Å². The van der Waals surface area contributed by atoms with Crippen LogP contribution in [0.25, 0.3) is 0 Å². The first-order valence-corrected chi connectivity index (χ1v) is 6.94. The molecule has 0 fully saturated rings. The minimum absolute atomic E-state index is 0.0570. The summed E-state index contributed by atoms with van der Waals surface area (Å²) in [6, 6.07) is 9.56. The second kappa shape index (κ2) is 6.47. The summed E-state index contributed by atoms with van der Waals surface area (Å²) >= 11 is 3.47. The highest BCUT2D eigenvalue weighted by Crippen LogP contribution is 2.25. The van der Waals surface area contributed by atoms with Crippen molar-refractivity contribution < 1.29 is 4.79 Å². The number of nitrogens with one attached hydrogen (secondary N) is 2. The number of halogens is 1. The van der Waals surface area contributed by atoms with E-state index in [0.717, 1.165) is 10.2 Å². The third kappa shape index (κ3) is 4.03. The number of nitrogens with zero attached hydrogens (tertiary/aromatic N) is 2. The van der Waals surface area contributed by atoms with Gasteiger partial charge in [-0.1, -0.05) is 12.1 Å². The molecule has 104 valence electrons. The van der Waals surface area contributed by atoms with Gasteiger partial charge in [0.05, 0.1) is 12.2 Å². The van der Waals surface area contributed by atoms with Crippen LogP contribution in [0.5, 0.6) is 0 Å². The number of ketones is 1. The summed E-state index contributed by atoms with van der Waals surface area (Å²) in [7, 11) is 0. The Hall–Kier alpha value is -1.95. The summed E-state index contributed by atoms with van der Waals surface area (Å²) in [4.78, 5) is 19.6. The first-order valence-electron chi connectivity index (χ1n) is 6.15. The molecule has 0 aliphatic rings. The highest BCUT2D eigenvalue weighted by atomic mass is 79.9. The molecular formula is C14H15BrN4O. The molecule has 0 amide bonds. The number of benzene rings is 1. The summed E-state index contributed by atoms with van der Waals surface area (Å²) in [6.07, 6.45) is 0. The van der Waals surface area contributed by atoms with E-state index in [2.05, 4.69) is 36.5 Å². The van der Waals surface area contributed by atoms with E-state index in [1.807, 2.05) is 31.2 Å². The van der Waals surface area contributed by atoms with Gasteiger partial charge in [0, 0.05) is 10.5 Å². The largest absolute Gasteiger partial charge is 0.363 e. The molecule has 0 unspecified atom stereocenters. The van der Waals surface area contributed by atoms with Crippen LogP contribution in [0.4, 0.5) is 17.3 Å². The molecule has 1 aromatic heterocycles. The first-order chi connectivity index (χ1) is 9.54. The molecule has 0 radical (unpaired) electrons. The number of aryl methyl sites for hydroxylation is 1. The number of rotatable bonds is 5. The zero-order valence-electron chi connectivity index (χ0n) is 11.3. The minimum atomic E-state index is 0.0570. The Kier molecular flexibility index (Phi) is 4.68. The predicted octanol–water partition coefficient (Wildman–Crippen LogP) is 3.29. The van der Waals surface area contributed by atoms with Gasteiger partial charge in [-0.05, 0) is 41.9 Å².